The number of anilines is 1. The van der Waals surface area contributed by atoms with Gasteiger partial charge in [0.2, 0.25) is 0 Å². The molecule has 0 aromatic heterocycles. The van der Waals surface area contributed by atoms with Crippen LogP contribution in [0.2, 0.25) is 0 Å². The maximum absolute atomic E-state index is 10.8. The topological polar surface area (TPSA) is 79.0 Å². The molecule has 0 saturated heterocycles. The van der Waals surface area contributed by atoms with E-state index in [9.17, 15) is 10.1 Å². The van der Waals surface area contributed by atoms with Crippen molar-refractivity contribution in [2.75, 3.05) is 11.9 Å². The van der Waals surface area contributed by atoms with Gasteiger partial charge < -0.3 is 5.32 Å². The Labute approximate surface area is 106 Å². The van der Waals surface area contributed by atoms with Crippen LogP contribution >= 0.6 is 0 Å². The third-order valence-electron chi connectivity index (χ3n) is 3.59. The molecular formula is C13H15N3O2. The Kier molecular flexibility index (Phi) is 2.95. The minimum absolute atomic E-state index is 0.0947. The van der Waals surface area contributed by atoms with Crippen molar-refractivity contribution in [1.82, 2.24) is 0 Å². The van der Waals surface area contributed by atoms with Crippen LogP contribution in [0, 0.1) is 32.8 Å². The SMILES string of the molecule is CC1(C)CC1CNc1ccc(C#N)c([N+](=O)[O-])c1. The molecule has 1 aliphatic rings. The maximum Gasteiger partial charge on any atom is 0.289 e. The van der Waals surface area contributed by atoms with Crippen LogP contribution in [0.25, 0.3) is 0 Å². The number of nitriles is 1. The van der Waals surface area contributed by atoms with Gasteiger partial charge in [0.1, 0.15) is 11.6 Å². The van der Waals surface area contributed by atoms with Gasteiger partial charge >= 0.3 is 0 Å². The first kappa shape index (κ1) is 12.4. The number of rotatable bonds is 4. The van der Waals surface area contributed by atoms with Crippen LogP contribution in [-0.2, 0) is 0 Å². The minimum atomic E-state index is -0.523. The number of hydrogen-bond donors (Lipinski definition) is 1. The first-order chi connectivity index (χ1) is 8.44. The zero-order valence-electron chi connectivity index (χ0n) is 10.4. The first-order valence-corrected chi connectivity index (χ1v) is 5.86. The number of nitrogens with zero attached hydrogens (tertiary/aromatic N) is 2. The predicted molar refractivity (Wildman–Crippen MR) is 68.2 cm³/mol. The summed E-state index contributed by atoms with van der Waals surface area (Å²) in [5.41, 5.74) is 1.03. The molecule has 0 radical (unpaired) electrons. The smallest absolute Gasteiger partial charge is 0.289 e. The summed E-state index contributed by atoms with van der Waals surface area (Å²) in [5, 5.41) is 22.8. The maximum atomic E-state index is 10.8. The van der Waals surface area contributed by atoms with E-state index >= 15 is 0 Å². The van der Waals surface area contributed by atoms with Crippen molar-refractivity contribution in [2.45, 2.75) is 20.3 Å². The van der Waals surface area contributed by atoms with E-state index in [1.54, 1.807) is 6.07 Å². The molecule has 1 aromatic rings. The summed E-state index contributed by atoms with van der Waals surface area (Å²) in [5.74, 6) is 0.618. The van der Waals surface area contributed by atoms with Crippen LogP contribution in [0.1, 0.15) is 25.8 Å². The van der Waals surface area contributed by atoms with Gasteiger partial charge in [-0.05, 0) is 29.9 Å². The molecule has 5 nitrogen and oxygen atoms in total. The quantitative estimate of drug-likeness (QED) is 0.653. The molecular weight excluding hydrogens is 230 g/mol. The minimum Gasteiger partial charge on any atom is -0.385 e. The molecule has 1 N–H and O–H groups in total. The fraction of sp³-hybridized carbons (Fsp3) is 0.462. The Morgan fingerprint density at radius 2 is 2.28 bits per heavy atom. The second kappa shape index (κ2) is 4.30. The van der Waals surface area contributed by atoms with Gasteiger partial charge in [0, 0.05) is 18.3 Å². The highest BCUT2D eigenvalue weighted by Gasteiger charge is 2.44. The molecule has 0 spiro atoms. The highest BCUT2D eigenvalue weighted by molar-refractivity contribution is 5.59. The van der Waals surface area contributed by atoms with Crippen molar-refractivity contribution < 1.29 is 4.92 Å². The van der Waals surface area contributed by atoms with Crippen LogP contribution < -0.4 is 5.32 Å². The average Bonchev–Trinajstić information content (AvgIpc) is 2.94. The lowest BCUT2D eigenvalue weighted by Gasteiger charge is -2.07. The third-order valence-corrected chi connectivity index (χ3v) is 3.59. The van der Waals surface area contributed by atoms with E-state index in [0.29, 0.717) is 17.0 Å². The normalized spacial score (nSPS) is 19.9. The summed E-state index contributed by atoms with van der Waals surface area (Å²) in [6, 6.07) is 6.44. The number of nitro groups is 1. The number of benzene rings is 1. The molecule has 2 rings (SSSR count). The molecule has 1 fully saturated rings. The van der Waals surface area contributed by atoms with Crippen molar-refractivity contribution in [3.8, 4) is 6.07 Å². The molecule has 0 amide bonds. The second-order valence-electron chi connectivity index (χ2n) is 5.37. The van der Waals surface area contributed by atoms with Crippen molar-refractivity contribution in [1.29, 1.82) is 5.26 Å². The van der Waals surface area contributed by atoms with Gasteiger partial charge in [-0.2, -0.15) is 5.26 Å². The van der Waals surface area contributed by atoms with E-state index in [2.05, 4.69) is 19.2 Å². The van der Waals surface area contributed by atoms with Crippen LogP contribution in [-0.4, -0.2) is 11.5 Å². The summed E-state index contributed by atoms with van der Waals surface area (Å²) >= 11 is 0. The summed E-state index contributed by atoms with van der Waals surface area (Å²) in [7, 11) is 0. The number of hydrogen-bond acceptors (Lipinski definition) is 4. The summed E-state index contributed by atoms with van der Waals surface area (Å²) < 4.78 is 0. The summed E-state index contributed by atoms with van der Waals surface area (Å²) in [4.78, 5) is 10.3. The van der Waals surface area contributed by atoms with Gasteiger partial charge in [0.25, 0.3) is 5.69 Å². The lowest BCUT2D eigenvalue weighted by Crippen LogP contribution is -2.07. The molecule has 1 saturated carbocycles. The van der Waals surface area contributed by atoms with E-state index in [1.807, 2.05) is 6.07 Å². The standard InChI is InChI=1S/C13H15N3O2/c1-13(2)6-10(13)8-15-11-4-3-9(7-14)12(5-11)16(17)18/h3-5,10,15H,6,8H2,1-2H3. The lowest BCUT2D eigenvalue weighted by atomic mass is 10.1. The Hall–Kier alpha value is -2.09. The van der Waals surface area contributed by atoms with E-state index < -0.39 is 4.92 Å². The summed E-state index contributed by atoms with van der Waals surface area (Å²) in [6.07, 6.45) is 1.18. The Balaban J connectivity index is 2.08. The first-order valence-electron chi connectivity index (χ1n) is 5.86. The number of nitrogens with one attached hydrogen (secondary N) is 1. The van der Waals surface area contributed by atoms with Crippen molar-refractivity contribution >= 4 is 11.4 Å². The largest absolute Gasteiger partial charge is 0.385 e. The van der Waals surface area contributed by atoms with E-state index in [1.165, 1.54) is 18.6 Å². The summed E-state index contributed by atoms with van der Waals surface area (Å²) in [6.45, 7) is 5.23. The Morgan fingerprint density at radius 1 is 1.61 bits per heavy atom. The van der Waals surface area contributed by atoms with Gasteiger partial charge in [-0.3, -0.25) is 10.1 Å². The highest BCUT2D eigenvalue weighted by Crippen LogP contribution is 2.51. The molecule has 0 bridgehead atoms. The van der Waals surface area contributed by atoms with Gasteiger partial charge in [-0.1, -0.05) is 13.8 Å². The van der Waals surface area contributed by atoms with Gasteiger partial charge in [0.15, 0.2) is 0 Å². The molecule has 1 aromatic carbocycles. The molecule has 1 unspecified atom stereocenters. The van der Waals surface area contributed by atoms with E-state index in [4.69, 9.17) is 5.26 Å². The monoisotopic (exact) mass is 245 g/mol. The Morgan fingerprint density at radius 3 is 2.78 bits per heavy atom. The van der Waals surface area contributed by atoms with Crippen molar-refractivity contribution in [3.05, 3.63) is 33.9 Å². The molecule has 1 atom stereocenters. The van der Waals surface area contributed by atoms with Crippen LogP contribution in [0.4, 0.5) is 11.4 Å². The predicted octanol–water partition coefficient (Wildman–Crippen LogP) is 2.92. The fourth-order valence-electron chi connectivity index (χ4n) is 2.05. The van der Waals surface area contributed by atoms with Gasteiger partial charge in [0.05, 0.1) is 4.92 Å². The molecule has 5 heteroatoms. The fourth-order valence-corrected chi connectivity index (χ4v) is 2.05. The number of nitro benzene ring substituents is 1. The van der Waals surface area contributed by atoms with Gasteiger partial charge in [-0.15, -0.1) is 0 Å². The molecule has 94 valence electrons. The third kappa shape index (κ3) is 2.43. The zero-order valence-corrected chi connectivity index (χ0v) is 10.4. The highest BCUT2D eigenvalue weighted by atomic mass is 16.6. The van der Waals surface area contributed by atoms with Crippen LogP contribution in [0.3, 0.4) is 0 Å². The average molecular weight is 245 g/mol. The molecule has 18 heavy (non-hydrogen) atoms. The lowest BCUT2D eigenvalue weighted by molar-refractivity contribution is -0.385. The van der Waals surface area contributed by atoms with Crippen LogP contribution in [0.15, 0.2) is 18.2 Å². The second-order valence-corrected chi connectivity index (χ2v) is 5.37. The molecule has 0 heterocycles. The molecule has 1 aliphatic carbocycles. The van der Waals surface area contributed by atoms with Crippen LogP contribution in [0.5, 0.6) is 0 Å². The van der Waals surface area contributed by atoms with E-state index in [0.717, 1.165) is 6.54 Å². The van der Waals surface area contributed by atoms with Crippen molar-refractivity contribution in [3.63, 3.8) is 0 Å². The Bertz CT molecular complexity index is 532. The van der Waals surface area contributed by atoms with Crippen molar-refractivity contribution in [2.24, 2.45) is 11.3 Å². The molecule has 0 aliphatic heterocycles. The van der Waals surface area contributed by atoms with Gasteiger partial charge in [-0.25, -0.2) is 0 Å². The zero-order chi connectivity index (χ0) is 13.3. The van der Waals surface area contributed by atoms with E-state index in [-0.39, 0.29) is 11.3 Å².